The van der Waals surface area contributed by atoms with Gasteiger partial charge in [-0.05, 0) is 37.9 Å². The topological polar surface area (TPSA) is 55.6 Å². The summed E-state index contributed by atoms with van der Waals surface area (Å²) in [6.45, 7) is 2.98. The first-order chi connectivity index (χ1) is 11.2. The molecule has 2 N–H and O–H groups in total. The summed E-state index contributed by atoms with van der Waals surface area (Å²) in [7, 11) is 0. The molecule has 0 aliphatic carbocycles. The summed E-state index contributed by atoms with van der Waals surface area (Å²) >= 11 is 7.76. The number of thioether (sulfide) groups is 1. The van der Waals surface area contributed by atoms with Gasteiger partial charge in [0.05, 0.1) is 11.1 Å². The summed E-state index contributed by atoms with van der Waals surface area (Å²) < 4.78 is 5.77. The fourth-order valence-electron chi connectivity index (χ4n) is 2.57. The number of carbonyl (C=O) groups is 1. The van der Waals surface area contributed by atoms with Gasteiger partial charge in [0.25, 0.3) is 0 Å². The highest BCUT2D eigenvalue weighted by molar-refractivity contribution is 7.99. The average molecular weight is 393 g/mol. The Balaban J connectivity index is 0.00000288. The highest BCUT2D eigenvalue weighted by Gasteiger charge is 2.22. The molecule has 1 fully saturated rings. The Bertz CT molecular complexity index is 497. The van der Waals surface area contributed by atoms with Crippen LogP contribution in [0, 0.1) is 0 Å². The Labute approximate surface area is 159 Å². The third-order valence-corrected chi connectivity index (χ3v) is 5.42. The Morgan fingerprint density at radius 3 is 2.71 bits per heavy atom. The Morgan fingerprint density at radius 2 is 2.04 bits per heavy atom. The van der Waals surface area contributed by atoms with Gasteiger partial charge in [0.2, 0.25) is 5.91 Å². The van der Waals surface area contributed by atoms with Gasteiger partial charge in [-0.1, -0.05) is 23.7 Å². The minimum absolute atomic E-state index is 0. The second-order valence-electron chi connectivity index (χ2n) is 5.62. The monoisotopic (exact) mass is 392 g/mol. The van der Waals surface area contributed by atoms with Crippen molar-refractivity contribution in [2.45, 2.75) is 36.7 Å². The minimum atomic E-state index is 0. The first-order valence-electron chi connectivity index (χ1n) is 8.17. The van der Waals surface area contributed by atoms with Crippen LogP contribution in [0.1, 0.15) is 25.7 Å². The van der Waals surface area contributed by atoms with E-state index in [1.807, 2.05) is 29.2 Å². The largest absolute Gasteiger partial charge is 0.378 e. The van der Waals surface area contributed by atoms with Crippen LogP contribution >= 0.6 is 35.8 Å². The van der Waals surface area contributed by atoms with Gasteiger partial charge in [0, 0.05) is 36.8 Å². The molecular formula is C17H26Cl2N2O2S. The number of likely N-dealkylation sites (tertiary alicyclic amines) is 1. The van der Waals surface area contributed by atoms with Crippen LogP contribution in [0.3, 0.4) is 0 Å². The second-order valence-corrected chi connectivity index (χ2v) is 7.17. The molecule has 0 unspecified atom stereocenters. The fraction of sp³-hybridized carbons (Fsp3) is 0.588. The van der Waals surface area contributed by atoms with Gasteiger partial charge in [-0.2, -0.15) is 0 Å². The molecule has 0 saturated carbocycles. The lowest BCUT2D eigenvalue weighted by Gasteiger charge is -2.32. The van der Waals surface area contributed by atoms with E-state index >= 15 is 0 Å². The molecule has 0 bridgehead atoms. The van der Waals surface area contributed by atoms with Gasteiger partial charge in [-0.3, -0.25) is 4.79 Å². The molecular weight excluding hydrogens is 367 g/mol. The van der Waals surface area contributed by atoms with Crippen molar-refractivity contribution in [3.05, 3.63) is 29.3 Å². The van der Waals surface area contributed by atoms with Crippen LogP contribution < -0.4 is 5.73 Å². The van der Waals surface area contributed by atoms with Gasteiger partial charge in [0.15, 0.2) is 0 Å². The van der Waals surface area contributed by atoms with E-state index < -0.39 is 0 Å². The fourth-order valence-corrected chi connectivity index (χ4v) is 3.75. The molecule has 2 rings (SSSR count). The molecule has 1 aromatic carbocycles. The molecule has 0 spiro atoms. The molecule has 4 nitrogen and oxygen atoms in total. The number of amides is 1. The van der Waals surface area contributed by atoms with Crippen LogP contribution in [0.4, 0.5) is 0 Å². The van der Waals surface area contributed by atoms with Gasteiger partial charge in [0.1, 0.15) is 0 Å². The van der Waals surface area contributed by atoms with E-state index in [0.29, 0.717) is 13.0 Å². The lowest BCUT2D eigenvalue weighted by Crippen LogP contribution is -2.41. The summed E-state index contributed by atoms with van der Waals surface area (Å²) in [4.78, 5) is 15.3. The average Bonchev–Trinajstić information content (AvgIpc) is 2.57. The SMILES string of the molecule is Cl.NCCCOC1CCN(C(=O)CCSc2ccccc2Cl)CC1. The molecule has 1 amide bonds. The zero-order valence-electron chi connectivity index (χ0n) is 13.8. The highest BCUT2D eigenvalue weighted by Crippen LogP contribution is 2.27. The molecule has 136 valence electrons. The molecule has 7 heteroatoms. The van der Waals surface area contributed by atoms with Crippen molar-refractivity contribution < 1.29 is 9.53 Å². The Hall–Kier alpha value is -0.460. The number of nitrogens with zero attached hydrogens (tertiary/aromatic N) is 1. The number of carbonyl (C=O) groups excluding carboxylic acids is 1. The maximum atomic E-state index is 12.3. The molecule has 24 heavy (non-hydrogen) atoms. The maximum Gasteiger partial charge on any atom is 0.223 e. The zero-order valence-corrected chi connectivity index (χ0v) is 16.2. The van der Waals surface area contributed by atoms with Crippen LogP contribution in [-0.2, 0) is 9.53 Å². The number of hydrogen-bond acceptors (Lipinski definition) is 4. The van der Waals surface area contributed by atoms with Crippen molar-refractivity contribution >= 4 is 41.7 Å². The highest BCUT2D eigenvalue weighted by atomic mass is 35.5. The predicted molar refractivity (Wildman–Crippen MR) is 103 cm³/mol. The number of benzene rings is 1. The summed E-state index contributed by atoms with van der Waals surface area (Å²) in [5, 5.41) is 0.750. The summed E-state index contributed by atoms with van der Waals surface area (Å²) in [6, 6.07) is 7.74. The predicted octanol–water partition coefficient (Wildman–Crippen LogP) is 3.60. The molecule has 0 aromatic heterocycles. The molecule has 0 atom stereocenters. The first-order valence-corrected chi connectivity index (χ1v) is 9.54. The van der Waals surface area contributed by atoms with Crippen LogP contribution in [-0.4, -0.2) is 48.9 Å². The van der Waals surface area contributed by atoms with Gasteiger partial charge < -0.3 is 15.4 Å². The number of nitrogens with two attached hydrogens (primary N) is 1. The third kappa shape index (κ3) is 7.19. The molecule has 1 saturated heterocycles. The Kier molecular flexibility index (Phi) is 10.8. The van der Waals surface area contributed by atoms with E-state index in [9.17, 15) is 4.79 Å². The molecule has 1 aliphatic heterocycles. The smallest absolute Gasteiger partial charge is 0.223 e. The lowest BCUT2D eigenvalue weighted by molar-refractivity contribution is -0.133. The van der Waals surface area contributed by atoms with Crippen molar-refractivity contribution in [1.82, 2.24) is 4.90 Å². The van der Waals surface area contributed by atoms with Gasteiger partial charge in [-0.15, -0.1) is 24.2 Å². The Morgan fingerprint density at radius 1 is 1.33 bits per heavy atom. The van der Waals surface area contributed by atoms with E-state index in [1.165, 1.54) is 0 Å². The zero-order chi connectivity index (χ0) is 16.5. The third-order valence-electron chi connectivity index (χ3n) is 3.91. The van der Waals surface area contributed by atoms with Crippen LogP contribution in [0.25, 0.3) is 0 Å². The van der Waals surface area contributed by atoms with Crippen LogP contribution in [0.5, 0.6) is 0 Å². The van der Waals surface area contributed by atoms with E-state index in [1.54, 1.807) is 11.8 Å². The minimum Gasteiger partial charge on any atom is -0.378 e. The van der Waals surface area contributed by atoms with Gasteiger partial charge in [-0.25, -0.2) is 0 Å². The number of hydrogen-bond donors (Lipinski definition) is 1. The summed E-state index contributed by atoms with van der Waals surface area (Å²) in [6.07, 6.45) is 3.58. The second kappa shape index (κ2) is 12.0. The van der Waals surface area contributed by atoms with E-state index in [0.717, 1.165) is 54.6 Å². The van der Waals surface area contributed by atoms with Crippen molar-refractivity contribution in [2.24, 2.45) is 5.73 Å². The van der Waals surface area contributed by atoms with Gasteiger partial charge >= 0.3 is 0 Å². The molecule has 1 aromatic rings. The quantitative estimate of drug-likeness (QED) is 0.542. The van der Waals surface area contributed by atoms with E-state index in [2.05, 4.69) is 0 Å². The molecule has 0 radical (unpaired) electrons. The number of halogens is 2. The van der Waals surface area contributed by atoms with E-state index in [-0.39, 0.29) is 24.4 Å². The standard InChI is InChI=1S/C17H25ClN2O2S.ClH/c18-15-4-1-2-5-16(15)23-13-8-17(21)20-10-6-14(7-11-20)22-12-3-9-19;/h1-2,4-5,14H,3,6-13,19H2;1H. The summed E-state index contributed by atoms with van der Waals surface area (Å²) in [5.41, 5.74) is 5.46. The number of ether oxygens (including phenoxy) is 1. The maximum absolute atomic E-state index is 12.3. The van der Waals surface area contributed by atoms with Crippen molar-refractivity contribution in [2.75, 3.05) is 32.0 Å². The summed E-state index contributed by atoms with van der Waals surface area (Å²) in [5.74, 6) is 0.986. The van der Waals surface area contributed by atoms with Crippen molar-refractivity contribution in [3.63, 3.8) is 0 Å². The molecule has 1 aliphatic rings. The lowest BCUT2D eigenvalue weighted by atomic mass is 10.1. The van der Waals surface area contributed by atoms with Crippen molar-refractivity contribution in [1.29, 1.82) is 0 Å². The van der Waals surface area contributed by atoms with Crippen molar-refractivity contribution in [3.8, 4) is 0 Å². The number of rotatable bonds is 8. The first kappa shape index (κ1) is 21.6. The number of piperidine rings is 1. The van der Waals surface area contributed by atoms with Crippen LogP contribution in [0.2, 0.25) is 5.02 Å². The van der Waals surface area contributed by atoms with E-state index in [4.69, 9.17) is 22.1 Å². The molecule has 1 heterocycles. The normalized spacial score (nSPS) is 15.2. The van der Waals surface area contributed by atoms with Crippen LogP contribution in [0.15, 0.2) is 29.2 Å².